The van der Waals surface area contributed by atoms with Crippen LogP contribution in [0.25, 0.3) is 21.7 Å². The van der Waals surface area contributed by atoms with Gasteiger partial charge in [-0.3, -0.25) is 0 Å². The van der Waals surface area contributed by atoms with Gasteiger partial charge >= 0.3 is 0 Å². The Bertz CT molecular complexity index is 1290. The van der Waals surface area contributed by atoms with E-state index in [0.29, 0.717) is 12.0 Å². The van der Waals surface area contributed by atoms with E-state index in [-0.39, 0.29) is 0 Å². The number of para-hydroxylation sites is 1. The molecule has 0 amide bonds. The van der Waals surface area contributed by atoms with E-state index in [1.165, 1.54) is 34.9 Å². The van der Waals surface area contributed by atoms with Gasteiger partial charge in [0, 0.05) is 50.2 Å². The molecule has 1 aliphatic carbocycles. The number of hydrogen-bond acceptors (Lipinski definition) is 6. The van der Waals surface area contributed by atoms with Gasteiger partial charge in [-0.15, -0.1) is 0 Å². The molecule has 0 radical (unpaired) electrons. The number of benzene rings is 3. The molecule has 35 heavy (non-hydrogen) atoms. The van der Waals surface area contributed by atoms with Crippen molar-refractivity contribution in [3.05, 3.63) is 66.2 Å². The van der Waals surface area contributed by atoms with Crippen LogP contribution in [0.4, 0.5) is 17.5 Å². The van der Waals surface area contributed by atoms with Crippen LogP contribution in [0.15, 0.2) is 60.7 Å². The summed E-state index contributed by atoms with van der Waals surface area (Å²) in [6.07, 6.45) is 4.75. The molecule has 0 bridgehead atoms. The zero-order valence-corrected chi connectivity index (χ0v) is 21.0. The zero-order valence-electron chi connectivity index (χ0n) is 21.0. The van der Waals surface area contributed by atoms with Crippen molar-refractivity contribution in [3.8, 4) is 0 Å². The number of nitrogens with zero attached hydrogens (tertiary/aromatic N) is 3. The monoisotopic (exact) mass is 468 g/mol. The molecule has 1 fully saturated rings. The molecular formula is C29H36N6. The Balaban J connectivity index is 1.15. The first-order valence-corrected chi connectivity index (χ1v) is 12.7. The van der Waals surface area contributed by atoms with Crippen LogP contribution in [-0.2, 0) is 6.54 Å². The Morgan fingerprint density at radius 2 is 1.54 bits per heavy atom. The lowest BCUT2D eigenvalue weighted by Gasteiger charge is -2.29. The molecule has 1 aliphatic rings. The van der Waals surface area contributed by atoms with Crippen LogP contribution in [0, 0.1) is 5.92 Å². The highest BCUT2D eigenvalue weighted by molar-refractivity contribution is 5.96. The Labute approximate surface area is 208 Å². The Hall–Kier alpha value is -3.38. The zero-order chi connectivity index (χ0) is 24.2. The van der Waals surface area contributed by atoms with Gasteiger partial charge in [-0.05, 0) is 67.3 Å². The minimum Gasteiger partial charge on any atom is -0.388 e. The fourth-order valence-electron chi connectivity index (χ4n) is 5.30. The first-order chi connectivity index (χ1) is 17.1. The van der Waals surface area contributed by atoms with Crippen molar-refractivity contribution in [2.24, 2.45) is 5.92 Å². The number of rotatable bonds is 8. The van der Waals surface area contributed by atoms with Gasteiger partial charge in [-0.25, -0.2) is 4.98 Å². The standard InChI is InChI=1S/C29H36N6/c1-30-26-17-14-21(23-8-4-5-9-24(23)26)19-31-18-20-12-15-22(16-13-20)32-29-33-27-11-7-6-10-25(27)28(34-29)35(2)3/h4-11,14,17,20,22,30-31H,12-13,15-16,18-19H2,1-3H3,(H,32,33,34). The summed E-state index contributed by atoms with van der Waals surface area (Å²) >= 11 is 0. The van der Waals surface area contributed by atoms with E-state index in [1.807, 2.05) is 33.3 Å². The maximum Gasteiger partial charge on any atom is 0.225 e. The molecule has 0 spiro atoms. The van der Waals surface area contributed by atoms with Gasteiger partial charge in [0.1, 0.15) is 5.82 Å². The average Bonchev–Trinajstić information content (AvgIpc) is 2.89. The lowest BCUT2D eigenvalue weighted by atomic mass is 9.86. The average molecular weight is 469 g/mol. The molecule has 1 aromatic heterocycles. The van der Waals surface area contributed by atoms with Crippen LogP contribution >= 0.6 is 0 Å². The predicted molar refractivity (Wildman–Crippen MR) is 148 cm³/mol. The Morgan fingerprint density at radius 3 is 2.29 bits per heavy atom. The molecular weight excluding hydrogens is 432 g/mol. The highest BCUT2D eigenvalue weighted by Gasteiger charge is 2.22. The molecule has 0 aliphatic heterocycles. The van der Waals surface area contributed by atoms with Gasteiger partial charge < -0.3 is 20.9 Å². The van der Waals surface area contributed by atoms with Crippen LogP contribution in [0.2, 0.25) is 0 Å². The fourth-order valence-corrected chi connectivity index (χ4v) is 5.30. The molecule has 6 heteroatoms. The largest absolute Gasteiger partial charge is 0.388 e. The van der Waals surface area contributed by atoms with Crippen molar-refractivity contribution < 1.29 is 0 Å². The van der Waals surface area contributed by atoms with Crippen molar-refractivity contribution in [1.82, 2.24) is 15.3 Å². The van der Waals surface area contributed by atoms with E-state index in [4.69, 9.17) is 9.97 Å². The lowest BCUT2D eigenvalue weighted by molar-refractivity contribution is 0.324. The van der Waals surface area contributed by atoms with Crippen molar-refractivity contribution in [2.75, 3.05) is 43.2 Å². The van der Waals surface area contributed by atoms with E-state index in [2.05, 4.69) is 69.4 Å². The summed E-state index contributed by atoms with van der Waals surface area (Å²) in [6, 6.07) is 21.7. The van der Waals surface area contributed by atoms with E-state index < -0.39 is 0 Å². The van der Waals surface area contributed by atoms with Gasteiger partial charge in [0.2, 0.25) is 5.95 Å². The second kappa shape index (κ2) is 10.5. The molecule has 182 valence electrons. The van der Waals surface area contributed by atoms with Gasteiger partial charge in [-0.1, -0.05) is 42.5 Å². The van der Waals surface area contributed by atoms with Gasteiger partial charge in [0.05, 0.1) is 5.52 Å². The quantitative estimate of drug-likeness (QED) is 0.311. The van der Waals surface area contributed by atoms with Crippen LogP contribution in [-0.4, -0.2) is 43.7 Å². The predicted octanol–water partition coefficient (Wildman–Crippen LogP) is 5.65. The van der Waals surface area contributed by atoms with E-state index >= 15 is 0 Å². The van der Waals surface area contributed by atoms with Crippen molar-refractivity contribution in [3.63, 3.8) is 0 Å². The summed E-state index contributed by atoms with van der Waals surface area (Å²) in [5, 5.41) is 14.4. The third-order valence-corrected chi connectivity index (χ3v) is 7.22. The number of anilines is 3. The molecule has 0 saturated heterocycles. The summed E-state index contributed by atoms with van der Waals surface area (Å²) in [5.74, 6) is 2.42. The second-order valence-corrected chi connectivity index (χ2v) is 9.84. The van der Waals surface area contributed by atoms with Crippen LogP contribution in [0.3, 0.4) is 0 Å². The maximum absolute atomic E-state index is 4.82. The smallest absolute Gasteiger partial charge is 0.225 e. The van der Waals surface area contributed by atoms with Crippen molar-refractivity contribution in [2.45, 2.75) is 38.3 Å². The molecule has 0 atom stereocenters. The summed E-state index contributed by atoms with van der Waals surface area (Å²) < 4.78 is 0. The van der Waals surface area contributed by atoms with Crippen LogP contribution in [0.5, 0.6) is 0 Å². The summed E-state index contributed by atoms with van der Waals surface area (Å²) in [6.45, 7) is 1.97. The Kier molecular flexibility index (Phi) is 7.00. The normalized spacial score (nSPS) is 18.0. The van der Waals surface area contributed by atoms with Crippen LogP contribution < -0.4 is 20.9 Å². The van der Waals surface area contributed by atoms with Crippen molar-refractivity contribution >= 4 is 39.1 Å². The SMILES string of the molecule is CNc1ccc(CNCC2CCC(Nc3nc(N(C)C)c4ccccc4n3)CC2)c2ccccc12. The van der Waals surface area contributed by atoms with E-state index in [1.54, 1.807) is 0 Å². The van der Waals surface area contributed by atoms with Gasteiger partial charge in [-0.2, -0.15) is 4.98 Å². The summed E-state index contributed by atoms with van der Waals surface area (Å²) in [4.78, 5) is 11.7. The van der Waals surface area contributed by atoms with E-state index in [9.17, 15) is 0 Å². The minimum atomic E-state index is 0.431. The molecule has 1 saturated carbocycles. The molecule has 5 rings (SSSR count). The first-order valence-electron chi connectivity index (χ1n) is 12.7. The minimum absolute atomic E-state index is 0.431. The third kappa shape index (κ3) is 5.17. The molecule has 3 aromatic carbocycles. The number of hydrogen-bond donors (Lipinski definition) is 3. The summed E-state index contributed by atoms with van der Waals surface area (Å²) in [5.41, 5.74) is 3.53. The molecule has 6 nitrogen and oxygen atoms in total. The number of aromatic nitrogens is 2. The topological polar surface area (TPSA) is 65.1 Å². The first kappa shape index (κ1) is 23.4. The van der Waals surface area contributed by atoms with Gasteiger partial charge in [0.25, 0.3) is 0 Å². The molecule has 4 aromatic rings. The molecule has 3 N–H and O–H groups in total. The third-order valence-electron chi connectivity index (χ3n) is 7.22. The highest BCUT2D eigenvalue weighted by Crippen LogP contribution is 2.29. The van der Waals surface area contributed by atoms with Crippen molar-refractivity contribution in [1.29, 1.82) is 0 Å². The summed E-state index contributed by atoms with van der Waals surface area (Å²) in [7, 11) is 6.06. The fraction of sp³-hybridized carbons (Fsp3) is 0.379. The number of nitrogens with one attached hydrogen (secondary N) is 3. The van der Waals surface area contributed by atoms with Crippen LogP contribution in [0.1, 0.15) is 31.2 Å². The van der Waals surface area contributed by atoms with Gasteiger partial charge in [0.15, 0.2) is 0 Å². The number of fused-ring (bicyclic) bond motifs is 2. The molecule has 0 unspecified atom stereocenters. The lowest BCUT2D eigenvalue weighted by Crippen LogP contribution is -2.31. The second-order valence-electron chi connectivity index (χ2n) is 9.84. The Morgan fingerprint density at radius 1 is 0.829 bits per heavy atom. The maximum atomic E-state index is 4.82. The van der Waals surface area contributed by atoms with E-state index in [0.717, 1.165) is 48.6 Å². The molecule has 1 heterocycles. The highest BCUT2D eigenvalue weighted by atomic mass is 15.2.